The van der Waals surface area contributed by atoms with E-state index in [0.29, 0.717) is 31.1 Å². The number of carbonyl (C=O) groups excluding carboxylic acids is 2. The van der Waals surface area contributed by atoms with Crippen LogP contribution in [0, 0.1) is 12.7 Å². The van der Waals surface area contributed by atoms with Gasteiger partial charge in [0, 0.05) is 18.7 Å². The van der Waals surface area contributed by atoms with Gasteiger partial charge < -0.3 is 24.4 Å². The molecule has 198 valence electrons. The number of rotatable bonds is 10. The number of benzene rings is 3. The molecule has 1 N–H and O–H groups in total. The largest absolute Gasteiger partial charge is 0.507 e. The lowest BCUT2D eigenvalue weighted by Crippen LogP contribution is -2.35. The Labute approximate surface area is 221 Å². The van der Waals surface area contributed by atoms with E-state index in [1.54, 1.807) is 24.3 Å². The van der Waals surface area contributed by atoms with Gasteiger partial charge in [0.15, 0.2) is 0 Å². The van der Waals surface area contributed by atoms with E-state index in [9.17, 15) is 19.1 Å². The first kappa shape index (κ1) is 26.9. The van der Waals surface area contributed by atoms with Crippen molar-refractivity contribution in [3.63, 3.8) is 0 Å². The smallest absolute Gasteiger partial charge is 0.295 e. The third-order valence-corrected chi connectivity index (χ3v) is 6.34. The number of hydrogen-bond acceptors (Lipinski definition) is 6. The van der Waals surface area contributed by atoms with Crippen LogP contribution in [0.15, 0.2) is 78.4 Å². The number of aliphatic hydroxyl groups is 1. The third kappa shape index (κ3) is 6.03. The zero-order valence-corrected chi connectivity index (χ0v) is 21.7. The lowest BCUT2D eigenvalue weighted by molar-refractivity contribution is -0.140. The number of aliphatic hydroxyl groups excluding tert-OH is 1. The molecule has 0 aliphatic carbocycles. The van der Waals surface area contributed by atoms with E-state index < -0.39 is 23.5 Å². The molecule has 1 heterocycles. The molecule has 3 aromatic rings. The first-order valence-corrected chi connectivity index (χ1v) is 12.4. The molecule has 4 rings (SSSR count). The number of aryl methyl sites for hydroxylation is 1. The van der Waals surface area contributed by atoms with Crippen LogP contribution in [0.1, 0.15) is 22.7 Å². The van der Waals surface area contributed by atoms with Crippen LogP contribution in [0.5, 0.6) is 11.5 Å². The minimum atomic E-state index is -0.793. The van der Waals surface area contributed by atoms with Crippen molar-refractivity contribution in [2.24, 2.45) is 0 Å². The van der Waals surface area contributed by atoms with Crippen LogP contribution in [0.4, 0.5) is 4.39 Å². The molecule has 1 amide bonds. The molecule has 0 saturated carbocycles. The van der Waals surface area contributed by atoms with E-state index >= 15 is 0 Å². The number of carbonyl (C=O) groups is 2. The van der Waals surface area contributed by atoms with Crippen molar-refractivity contribution in [2.45, 2.75) is 13.0 Å². The molecule has 1 unspecified atom stereocenters. The van der Waals surface area contributed by atoms with Crippen molar-refractivity contribution in [1.82, 2.24) is 9.80 Å². The SMILES string of the molecule is Cc1ccccc1OCCOc1ccc(C2/C(=C(\O)c3ccc(F)cc3)C(=O)C(=O)N2CCN(C)C)cc1. The number of hydrogen-bond donors (Lipinski definition) is 1. The molecule has 8 heteroatoms. The standard InChI is InChI=1S/C30H31FN2O5/c1-20-6-4-5-7-25(20)38-19-18-37-24-14-10-21(11-15-24)27-26(28(34)22-8-12-23(31)13-9-22)29(35)30(36)33(27)17-16-32(2)3/h4-15,27,34H,16-19H2,1-3H3/b28-26+. The van der Waals surface area contributed by atoms with Crippen LogP contribution >= 0.6 is 0 Å². The van der Waals surface area contributed by atoms with Crippen molar-refractivity contribution < 1.29 is 28.6 Å². The maximum absolute atomic E-state index is 13.4. The Morgan fingerprint density at radius 1 is 0.947 bits per heavy atom. The Bertz CT molecular complexity index is 1320. The Hall–Kier alpha value is -4.17. The quantitative estimate of drug-likeness (QED) is 0.183. The molecular formula is C30H31FN2O5. The summed E-state index contributed by atoms with van der Waals surface area (Å²) in [5, 5.41) is 11.0. The highest BCUT2D eigenvalue weighted by Crippen LogP contribution is 2.39. The molecule has 3 aromatic carbocycles. The predicted octanol–water partition coefficient (Wildman–Crippen LogP) is 4.58. The second kappa shape index (κ2) is 11.9. The predicted molar refractivity (Wildman–Crippen MR) is 143 cm³/mol. The summed E-state index contributed by atoms with van der Waals surface area (Å²) < 4.78 is 25.0. The van der Waals surface area contributed by atoms with Crippen LogP contribution in [0.3, 0.4) is 0 Å². The summed E-state index contributed by atoms with van der Waals surface area (Å²) in [6.07, 6.45) is 0. The maximum atomic E-state index is 13.4. The van der Waals surface area contributed by atoms with Crippen LogP contribution in [0.25, 0.3) is 5.76 Å². The van der Waals surface area contributed by atoms with E-state index in [1.165, 1.54) is 29.2 Å². The van der Waals surface area contributed by atoms with Gasteiger partial charge in [-0.15, -0.1) is 0 Å². The molecule has 1 aliphatic rings. The van der Waals surface area contributed by atoms with Gasteiger partial charge in [0.1, 0.15) is 36.3 Å². The van der Waals surface area contributed by atoms with Crippen molar-refractivity contribution in [3.05, 3.63) is 101 Å². The number of nitrogens with zero attached hydrogens (tertiary/aromatic N) is 2. The Morgan fingerprint density at radius 2 is 1.61 bits per heavy atom. The Kier molecular flexibility index (Phi) is 8.43. The minimum absolute atomic E-state index is 0.0272. The van der Waals surface area contributed by atoms with Crippen LogP contribution < -0.4 is 9.47 Å². The second-order valence-corrected chi connectivity index (χ2v) is 9.33. The highest BCUT2D eigenvalue weighted by atomic mass is 19.1. The zero-order valence-electron chi connectivity index (χ0n) is 21.7. The number of halogens is 1. The van der Waals surface area contributed by atoms with Gasteiger partial charge in [-0.2, -0.15) is 0 Å². The first-order chi connectivity index (χ1) is 18.3. The van der Waals surface area contributed by atoms with Crippen molar-refractivity contribution in [3.8, 4) is 11.5 Å². The van der Waals surface area contributed by atoms with Gasteiger partial charge in [-0.05, 0) is 74.6 Å². The number of likely N-dealkylation sites (N-methyl/N-ethyl adjacent to an activating group) is 1. The molecule has 0 aromatic heterocycles. The number of ketones is 1. The Morgan fingerprint density at radius 3 is 2.26 bits per heavy atom. The monoisotopic (exact) mass is 518 g/mol. The molecule has 1 saturated heterocycles. The fourth-order valence-corrected chi connectivity index (χ4v) is 4.30. The molecule has 0 spiro atoms. The lowest BCUT2D eigenvalue weighted by Gasteiger charge is -2.26. The average Bonchev–Trinajstić information content (AvgIpc) is 3.16. The summed E-state index contributed by atoms with van der Waals surface area (Å²) in [7, 11) is 3.75. The summed E-state index contributed by atoms with van der Waals surface area (Å²) >= 11 is 0. The lowest BCUT2D eigenvalue weighted by atomic mass is 9.95. The number of para-hydroxylation sites is 1. The van der Waals surface area contributed by atoms with Gasteiger partial charge in [-0.1, -0.05) is 30.3 Å². The normalized spacial score (nSPS) is 16.8. The van der Waals surface area contributed by atoms with Crippen molar-refractivity contribution in [1.29, 1.82) is 0 Å². The van der Waals surface area contributed by atoms with E-state index in [2.05, 4.69) is 0 Å². The number of ether oxygens (including phenoxy) is 2. The molecule has 38 heavy (non-hydrogen) atoms. The fraction of sp³-hybridized carbons (Fsp3) is 0.267. The number of amides is 1. The zero-order chi connectivity index (χ0) is 27.2. The molecule has 1 aliphatic heterocycles. The molecule has 1 atom stereocenters. The average molecular weight is 519 g/mol. The van der Waals surface area contributed by atoms with E-state index in [4.69, 9.17) is 9.47 Å². The summed E-state index contributed by atoms with van der Waals surface area (Å²) in [6.45, 7) is 3.50. The van der Waals surface area contributed by atoms with E-state index in [1.807, 2.05) is 50.2 Å². The third-order valence-electron chi connectivity index (χ3n) is 6.34. The van der Waals surface area contributed by atoms with Gasteiger partial charge >= 0.3 is 0 Å². The van der Waals surface area contributed by atoms with Gasteiger partial charge in [0.2, 0.25) is 0 Å². The fourth-order valence-electron chi connectivity index (χ4n) is 4.30. The molecule has 1 fully saturated rings. The van der Waals surface area contributed by atoms with Crippen LogP contribution in [-0.4, -0.2) is 67.0 Å². The van der Waals surface area contributed by atoms with Gasteiger partial charge in [0.25, 0.3) is 11.7 Å². The highest BCUT2D eigenvalue weighted by Gasteiger charge is 2.45. The van der Waals surface area contributed by atoms with Crippen LogP contribution in [-0.2, 0) is 9.59 Å². The van der Waals surface area contributed by atoms with Crippen molar-refractivity contribution in [2.75, 3.05) is 40.4 Å². The van der Waals surface area contributed by atoms with Crippen LogP contribution in [0.2, 0.25) is 0 Å². The summed E-state index contributed by atoms with van der Waals surface area (Å²) in [4.78, 5) is 29.4. The van der Waals surface area contributed by atoms with E-state index in [-0.39, 0.29) is 23.4 Å². The minimum Gasteiger partial charge on any atom is -0.507 e. The van der Waals surface area contributed by atoms with Gasteiger partial charge in [0.05, 0.1) is 11.6 Å². The molecule has 0 bridgehead atoms. The molecule has 7 nitrogen and oxygen atoms in total. The second-order valence-electron chi connectivity index (χ2n) is 9.33. The maximum Gasteiger partial charge on any atom is 0.295 e. The topological polar surface area (TPSA) is 79.3 Å². The molecular weight excluding hydrogens is 487 g/mol. The Balaban J connectivity index is 1.55. The van der Waals surface area contributed by atoms with E-state index in [0.717, 1.165) is 11.3 Å². The van der Waals surface area contributed by atoms with Gasteiger partial charge in [-0.3, -0.25) is 9.59 Å². The number of likely N-dealkylation sites (tertiary alicyclic amines) is 1. The summed E-state index contributed by atoms with van der Waals surface area (Å²) in [6, 6.07) is 19.2. The summed E-state index contributed by atoms with van der Waals surface area (Å²) in [5.41, 5.74) is 1.93. The highest BCUT2D eigenvalue weighted by molar-refractivity contribution is 6.46. The first-order valence-electron chi connectivity index (χ1n) is 12.4. The van der Waals surface area contributed by atoms with Gasteiger partial charge in [-0.25, -0.2) is 4.39 Å². The molecule has 0 radical (unpaired) electrons. The summed E-state index contributed by atoms with van der Waals surface area (Å²) in [5.74, 6) is -0.858. The number of Topliss-reactive ketones (excluding diaryl/α,β-unsaturated/α-hetero) is 1. The van der Waals surface area contributed by atoms with Crippen molar-refractivity contribution >= 4 is 17.4 Å².